The van der Waals surface area contributed by atoms with E-state index < -0.39 is 17.7 Å². The Bertz CT molecular complexity index is 533. The van der Waals surface area contributed by atoms with Crippen molar-refractivity contribution in [1.82, 2.24) is 5.32 Å². The Morgan fingerprint density at radius 2 is 2.05 bits per heavy atom. The number of halogens is 1. The lowest BCUT2D eigenvalue weighted by Gasteiger charge is -2.34. The quantitative estimate of drug-likeness (QED) is 0.780. The fraction of sp³-hybridized carbons (Fsp3) is 0.562. The second-order valence-corrected chi connectivity index (χ2v) is 6.27. The largest absolute Gasteiger partial charge is 0.390 e. The van der Waals surface area contributed by atoms with E-state index in [0.717, 1.165) is 18.4 Å². The number of amides is 1. The highest BCUT2D eigenvalue weighted by atomic mass is 19.1. The number of hydrogen-bond acceptors (Lipinski definition) is 3. The van der Waals surface area contributed by atoms with Crippen LogP contribution in [0.3, 0.4) is 0 Å². The molecule has 5 heteroatoms. The summed E-state index contributed by atoms with van der Waals surface area (Å²) in [7, 11) is 0. The summed E-state index contributed by atoms with van der Waals surface area (Å²) in [6.45, 7) is 0. The summed E-state index contributed by atoms with van der Waals surface area (Å²) in [6, 6.07) is 6.09. The number of rotatable bonds is 4. The third kappa shape index (κ3) is 2.68. The minimum atomic E-state index is -0.869. The second-order valence-electron chi connectivity index (χ2n) is 6.27. The van der Waals surface area contributed by atoms with Crippen LogP contribution in [0, 0.1) is 11.7 Å². The normalized spacial score (nSPS) is 34.1. The fourth-order valence-electron chi connectivity index (χ4n) is 3.70. The van der Waals surface area contributed by atoms with E-state index in [1.54, 1.807) is 12.1 Å². The van der Waals surface area contributed by atoms with Gasteiger partial charge in [0.25, 0.3) is 0 Å². The Hall–Kier alpha value is -1.46. The average molecular weight is 293 g/mol. The van der Waals surface area contributed by atoms with Crippen molar-refractivity contribution in [2.24, 2.45) is 5.92 Å². The molecule has 4 nitrogen and oxygen atoms in total. The minimum absolute atomic E-state index is 0.0948. The molecule has 2 unspecified atom stereocenters. The van der Waals surface area contributed by atoms with Gasteiger partial charge in [0.15, 0.2) is 0 Å². The molecule has 4 atom stereocenters. The first-order valence-electron chi connectivity index (χ1n) is 7.42. The van der Waals surface area contributed by atoms with E-state index in [-0.39, 0.29) is 17.6 Å². The van der Waals surface area contributed by atoms with Gasteiger partial charge < -0.3 is 15.5 Å². The van der Waals surface area contributed by atoms with Gasteiger partial charge in [-0.25, -0.2) is 4.39 Å². The molecule has 3 N–H and O–H groups in total. The summed E-state index contributed by atoms with van der Waals surface area (Å²) in [5, 5.41) is 22.9. The molecule has 21 heavy (non-hydrogen) atoms. The monoisotopic (exact) mass is 293 g/mol. The number of fused-ring (bicyclic) bond motifs is 2. The van der Waals surface area contributed by atoms with Gasteiger partial charge in [0, 0.05) is 6.42 Å². The van der Waals surface area contributed by atoms with Crippen molar-refractivity contribution in [2.75, 3.05) is 0 Å². The van der Waals surface area contributed by atoms with Crippen LogP contribution in [0.25, 0.3) is 0 Å². The third-order valence-electron chi connectivity index (χ3n) is 4.90. The first-order valence-corrected chi connectivity index (χ1v) is 7.42. The highest BCUT2D eigenvalue weighted by Crippen LogP contribution is 2.47. The predicted molar refractivity (Wildman–Crippen MR) is 74.9 cm³/mol. The Balaban J connectivity index is 1.56. The molecule has 114 valence electrons. The van der Waals surface area contributed by atoms with Crippen molar-refractivity contribution in [2.45, 2.75) is 49.9 Å². The molecule has 0 heterocycles. The molecule has 2 saturated carbocycles. The van der Waals surface area contributed by atoms with Crippen LogP contribution in [0.1, 0.15) is 31.2 Å². The Morgan fingerprint density at radius 1 is 1.33 bits per heavy atom. The topological polar surface area (TPSA) is 69.6 Å². The molecule has 2 fully saturated rings. The summed E-state index contributed by atoms with van der Waals surface area (Å²) in [4.78, 5) is 12.1. The minimum Gasteiger partial charge on any atom is -0.390 e. The van der Waals surface area contributed by atoms with E-state index in [1.807, 2.05) is 0 Å². The van der Waals surface area contributed by atoms with Crippen LogP contribution < -0.4 is 5.32 Å². The first kappa shape index (κ1) is 14.5. The van der Waals surface area contributed by atoms with Crippen LogP contribution in [0.15, 0.2) is 24.3 Å². The summed E-state index contributed by atoms with van der Waals surface area (Å²) < 4.78 is 12.8. The molecule has 2 bridgehead atoms. The van der Waals surface area contributed by atoms with Crippen molar-refractivity contribution in [3.05, 3.63) is 35.6 Å². The van der Waals surface area contributed by atoms with Crippen LogP contribution >= 0.6 is 0 Å². The van der Waals surface area contributed by atoms with Crippen LogP contribution in [-0.2, 0) is 11.2 Å². The molecule has 0 radical (unpaired) electrons. The van der Waals surface area contributed by atoms with Crippen LogP contribution in [0.5, 0.6) is 0 Å². The Kier molecular flexibility index (Phi) is 3.71. The molecule has 3 rings (SSSR count). The molecule has 1 amide bonds. The zero-order chi connectivity index (χ0) is 15.0. The summed E-state index contributed by atoms with van der Waals surface area (Å²) in [5.74, 6) is -0.326. The van der Waals surface area contributed by atoms with Crippen molar-refractivity contribution in [3.63, 3.8) is 0 Å². The lowest BCUT2D eigenvalue weighted by Crippen LogP contribution is -2.56. The summed E-state index contributed by atoms with van der Waals surface area (Å²) in [6.07, 6.45) is 1.44. The smallest absolute Gasteiger partial charge is 0.220 e. The number of aryl methyl sites for hydroxylation is 1. The maximum Gasteiger partial charge on any atom is 0.220 e. The first-order chi connectivity index (χ1) is 10.00. The van der Waals surface area contributed by atoms with Gasteiger partial charge in [-0.1, -0.05) is 12.1 Å². The molecule has 0 spiro atoms. The number of nitrogens with one attached hydrogen (secondary N) is 1. The SMILES string of the molecule is O=C(CCc1ccc(F)cc1)NC12CCC(C1)[C@H](O)[C@@H]2O. The Labute approximate surface area is 123 Å². The van der Waals surface area contributed by atoms with Gasteiger partial charge in [0.05, 0.1) is 11.6 Å². The number of carbonyl (C=O) groups is 1. The summed E-state index contributed by atoms with van der Waals surface area (Å²) in [5.41, 5.74) is 0.254. The van der Waals surface area contributed by atoms with Crippen LogP contribution in [-0.4, -0.2) is 33.9 Å². The molecule has 1 aromatic rings. The maximum atomic E-state index is 12.8. The number of aliphatic hydroxyl groups is 2. The van der Waals surface area contributed by atoms with Gasteiger partial charge in [-0.2, -0.15) is 0 Å². The average Bonchev–Trinajstić information content (AvgIpc) is 2.98. The van der Waals surface area contributed by atoms with E-state index in [4.69, 9.17) is 0 Å². The van der Waals surface area contributed by atoms with Gasteiger partial charge in [-0.3, -0.25) is 4.79 Å². The molecular formula is C16H20FNO3. The van der Waals surface area contributed by atoms with E-state index in [2.05, 4.69) is 5.32 Å². The van der Waals surface area contributed by atoms with Gasteiger partial charge >= 0.3 is 0 Å². The van der Waals surface area contributed by atoms with E-state index in [1.165, 1.54) is 12.1 Å². The van der Waals surface area contributed by atoms with Crippen molar-refractivity contribution >= 4 is 5.91 Å². The van der Waals surface area contributed by atoms with E-state index in [9.17, 15) is 19.4 Å². The molecule has 2 aliphatic carbocycles. The molecule has 0 aliphatic heterocycles. The van der Waals surface area contributed by atoms with Crippen molar-refractivity contribution < 1.29 is 19.4 Å². The zero-order valence-electron chi connectivity index (χ0n) is 11.8. The molecule has 2 aliphatic rings. The maximum absolute atomic E-state index is 12.8. The predicted octanol–water partition coefficient (Wildman–Crippen LogP) is 1.15. The van der Waals surface area contributed by atoms with Crippen LogP contribution in [0.4, 0.5) is 4.39 Å². The van der Waals surface area contributed by atoms with Crippen molar-refractivity contribution in [1.29, 1.82) is 0 Å². The fourth-order valence-corrected chi connectivity index (χ4v) is 3.70. The zero-order valence-corrected chi connectivity index (χ0v) is 11.8. The number of carbonyl (C=O) groups excluding carboxylic acids is 1. The van der Waals surface area contributed by atoms with E-state index >= 15 is 0 Å². The molecular weight excluding hydrogens is 273 g/mol. The van der Waals surface area contributed by atoms with Gasteiger partial charge in [-0.15, -0.1) is 0 Å². The number of benzene rings is 1. The Morgan fingerprint density at radius 3 is 2.67 bits per heavy atom. The third-order valence-corrected chi connectivity index (χ3v) is 4.90. The molecule has 0 saturated heterocycles. The number of aliphatic hydroxyl groups excluding tert-OH is 2. The van der Waals surface area contributed by atoms with Gasteiger partial charge in [0.2, 0.25) is 5.91 Å². The molecule has 1 aromatic carbocycles. The highest BCUT2D eigenvalue weighted by molar-refractivity contribution is 5.77. The lowest BCUT2D eigenvalue weighted by atomic mass is 9.88. The number of hydrogen-bond donors (Lipinski definition) is 3. The lowest BCUT2D eigenvalue weighted by molar-refractivity contribution is -0.125. The second kappa shape index (κ2) is 5.39. The van der Waals surface area contributed by atoms with Gasteiger partial charge in [0.1, 0.15) is 11.9 Å². The van der Waals surface area contributed by atoms with Gasteiger partial charge in [-0.05, 0) is 49.3 Å². The van der Waals surface area contributed by atoms with Crippen molar-refractivity contribution in [3.8, 4) is 0 Å². The van der Waals surface area contributed by atoms with E-state index in [0.29, 0.717) is 19.3 Å². The van der Waals surface area contributed by atoms with Crippen LogP contribution in [0.2, 0.25) is 0 Å². The summed E-state index contributed by atoms with van der Waals surface area (Å²) >= 11 is 0. The standard InChI is InChI=1S/C16H20FNO3/c17-12-4-1-10(2-5-12)3-6-13(19)18-16-8-7-11(9-16)14(20)15(16)21/h1-2,4-5,11,14-15,20-21H,3,6-9H2,(H,18,19)/t11?,14-,15-,16?/m0/s1. The molecule has 0 aromatic heterocycles. The highest BCUT2D eigenvalue weighted by Gasteiger charge is 2.57.